The van der Waals surface area contributed by atoms with Crippen molar-refractivity contribution in [3.8, 4) is 17.2 Å². The summed E-state index contributed by atoms with van der Waals surface area (Å²) in [5.74, 6) is -0.0831. The number of carbonyl (C=O) groups is 1. The van der Waals surface area contributed by atoms with Crippen molar-refractivity contribution >= 4 is 5.91 Å². The van der Waals surface area contributed by atoms with Crippen molar-refractivity contribution in [2.75, 3.05) is 13.7 Å². The summed E-state index contributed by atoms with van der Waals surface area (Å²) in [7, 11) is 1.80. The van der Waals surface area contributed by atoms with Crippen molar-refractivity contribution in [1.29, 1.82) is 0 Å². The number of hydrogen-bond acceptors (Lipinski definition) is 5. The lowest BCUT2D eigenvalue weighted by Crippen LogP contribution is -2.34. The molecule has 0 aliphatic carbocycles. The highest BCUT2D eigenvalue weighted by Gasteiger charge is 2.49. The second-order valence-corrected chi connectivity index (χ2v) is 8.72. The van der Waals surface area contributed by atoms with E-state index < -0.39 is 30.0 Å². The number of carbonyl (C=O) groups excluding carboxylic acids is 1. The average molecular weight is 501 g/mol. The number of phenols is 2. The normalized spacial score (nSPS) is 20.5. The quantitative estimate of drug-likeness (QED) is 0.464. The zero-order valence-corrected chi connectivity index (χ0v) is 20.0. The molecule has 1 amide bonds. The summed E-state index contributed by atoms with van der Waals surface area (Å²) in [6, 6.07) is 15.4. The Morgan fingerprint density at radius 2 is 1.44 bits per heavy atom. The van der Waals surface area contributed by atoms with E-state index in [1.54, 1.807) is 55.3 Å². The van der Waals surface area contributed by atoms with Gasteiger partial charge in [0.25, 0.3) is 0 Å². The third-order valence-electron chi connectivity index (χ3n) is 6.44. The van der Waals surface area contributed by atoms with Gasteiger partial charge in [-0.25, -0.2) is 0 Å². The first-order valence-electron chi connectivity index (χ1n) is 11.5. The smallest absolute Gasteiger partial charge is 0.416 e. The highest BCUT2D eigenvalue weighted by atomic mass is 19.4. The molecule has 3 aromatic rings. The van der Waals surface area contributed by atoms with E-state index in [2.05, 4.69) is 0 Å². The van der Waals surface area contributed by atoms with E-state index in [4.69, 9.17) is 4.74 Å². The maximum atomic E-state index is 13.5. The summed E-state index contributed by atoms with van der Waals surface area (Å²) in [4.78, 5) is 16.7. The van der Waals surface area contributed by atoms with E-state index in [1.807, 2.05) is 4.90 Å². The van der Waals surface area contributed by atoms with Gasteiger partial charge in [0, 0.05) is 12.5 Å². The van der Waals surface area contributed by atoms with Crippen LogP contribution in [0.15, 0.2) is 66.7 Å². The zero-order valence-electron chi connectivity index (χ0n) is 20.0. The molecule has 1 fully saturated rings. The molecule has 1 heterocycles. The highest BCUT2D eigenvalue weighted by molar-refractivity contribution is 5.75. The largest absolute Gasteiger partial charge is 0.508 e. The lowest BCUT2D eigenvalue weighted by atomic mass is 9.93. The van der Waals surface area contributed by atoms with Crippen molar-refractivity contribution < 1.29 is 32.9 Å². The van der Waals surface area contributed by atoms with E-state index in [0.29, 0.717) is 5.56 Å². The molecule has 3 atom stereocenters. The van der Waals surface area contributed by atoms with Crippen LogP contribution in [0.4, 0.5) is 13.2 Å². The van der Waals surface area contributed by atoms with Crippen LogP contribution in [0.5, 0.6) is 17.2 Å². The Kier molecular flexibility index (Phi) is 6.86. The molecule has 36 heavy (non-hydrogen) atoms. The number of phenolic OH excluding ortho intramolecular Hbond substituents is 2. The topological polar surface area (TPSA) is 73.2 Å². The fourth-order valence-electron chi connectivity index (χ4n) is 4.92. The number of rotatable bonds is 5. The monoisotopic (exact) mass is 500 g/mol. The minimum Gasteiger partial charge on any atom is -0.508 e. The lowest BCUT2D eigenvalue weighted by Gasteiger charge is -2.31. The van der Waals surface area contributed by atoms with Gasteiger partial charge >= 0.3 is 6.18 Å². The van der Waals surface area contributed by atoms with E-state index in [0.717, 1.165) is 23.3 Å². The van der Waals surface area contributed by atoms with Crippen LogP contribution in [-0.4, -0.2) is 39.6 Å². The Hall–Kier alpha value is -3.72. The number of halogens is 3. The number of benzene rings is 3. The van der Waals surface area contributed by atoms with Gasteiger partial charge in [-0.1, -0.05) is 30.3 Å². The number of likely N-dealkylation sites (N-methyl/N-ethyl adjacent to an activating group) is 1. The predicted molar refractivity (Wildman–Crippen MR) is 127 cm³/mol. The van der Waals surface area contributed by atoms with Crippen LogP contribution < -0.4 is 4.74 Å². The molecule has 0 bridgehead atoms. The fraction of sp³-hybridized carbons (Fsp3) is 0.296. The first-order valence-corrected chi connectivity index (χ1v) is 11.5. The van der Waals surface area contributed by atoms with Crippen LogP contribution >= 0.6 is 0 Å². The summed E-state index contributed by atoms with van der Waals surface area (Å²) < 4.78 is 46.0. The van der Waals surface area contributed by atoms with Crippen molar-refractivity contribution in [3.63, 3.8) is 0 Å². The third kappa shape index (κ3) is 4.70. The van der Waals surface area contributed by atoms with Gasteiger partial charge in [-0.05, 0) is 61.5 Å². The zero-order chi connectivity index (χ0) is 26.2. The molecule has 2 N–H and O–H groups in total. The third-order valence-corrected chi connectivity index (χ3v) is 6.44. The molecular formula is C27H27F3N2O4. The SMILES string of the molecule is CCOc1cc(C(F)(F)F)ccc1C1N(C)C(c2ccc(O)cc2)C(c2ccc(O)cc2)N1C(C)=O. The van der Waals surface area contributed by atoms with Crippen molar-refractivity contribution in [1.82, 2.24) is 9.80 Å². The van der Waals surface area contributed by atoms with Gasteiger partial charge in [0.1, 0.15) is 23.4 Å². The van der Waals surface area contributed by atoms with Crippen LogP contribution in [0.1, 0.15) is 54.4 Å². The van der Waals surface area contributed by atoms with Gasteiger partial charge in [-0.3, -0.25) is 9.69 Å². The number of nitrogens with zero attached hydrogens (tertiary/aromatic N) is 2. The molecule has 9 heteroatoms. The van der Waals surface area contributed by atoms with E-state index in [1.165, 1.54) is 25.1 Å². The molecule has 3 aromatic carbocycles. The molecule has 0 aromatic heterocycles. The van der Waals surface area contributed by atoms with Gasteiger partial charge in [-0.15, -0.1) is 0 Å². The minimum absolute atomic E-state index is 0.0474. The lowest BCUT2D eigenvalue weighted by molar-refractivity contribution is -0.138. The van der Waals surface area contributed by atoms with Gasteiger partial charge < -0.3 is 19.8 Å². The summed E-state index contributed by atoms with van der Waals surface area (Å²) in [5, 5.41) is 19.7. The predicted octanol–water partition coefficient (Wildman–Crippen LogP) is 5.79. The molecule has 190 valence electrons. The van der Waals surface area contributed by atoms with E-state index in [-0.39, 0.29) is 29.8 Å². The second kappa shape index (κ2) is 9.73. The Labute approximate surface area is 207 Å². The van der Waals surface area contributed by atoms with Gasteiger partial charge in [0.15, 0.2) is 0 Å². The molecule has 0 radical (unpaired) electrons. The summed E-state index contributed by atoms with van der Waals surface area (Å²) in [5.41, 5.74) is 1.12. The van der Waals surface area contributed by atoms with E-state index >= 15 is 0 Å². The highest BCUT2D eigenvalue weighted by Crippen LogP contribution is 2.53. The molecule has 1 aliphatic heterocycles. The van der Waals surface area contributed by atoms with Crippen molar-refractivity contribution in [3.05, 3.63) is 89.0 Å². The van der Waals surface area contributed by atoms with Gasteiger partial charge in [0.05, 0.1) is 24.3 Å². The summed E-state index contributed by atoms with van der Waals surface area (Å²) in [6.07, 6.45) is -5.29. The number of aromatic hydroxyl groups is 2. The molecule has 0 saturated carbocycles. The fourth-order valence-corrected chi connectivity index (χ4v) is 4.92. The first-order chi connectivity index (χ1) is 17.0. The van der Waals surface area contributed by atoms with Crippen LogP contribution in [0, 0.1) is 0 Å². The Morgan fingerprint density at radius 3 is 1.92 bits per heavy atom. The number of hydrogen-bond donors (Lipinski definition) is 2. The first kappa shape index (κ1) is 25.4. The molecule has 3 unspecified atom stereocenters. The summed E-state index contributed by atoms with van der Waals surface area (Å²) >= 11 is 0. The Balaban J connectivity index is 1.92. The average Bonchev–Trinajstić information content (AvgIpc) is 3.13. The standard InChI is InChI=1S/C27H27F3N2O4/c1-4-36-23-15-19(27(28,29)30)9-14-22(23)26-31(3)24(17-5-10-20(34)11-6-17)25(32(26)16(2)33)18-7-12-21(35)13-8-18/h5-15,24-26,34-35H,4H2,1-3H3. The number of amides is 1. The van der Waals surface area contributed by atoms with Crippen molar-refractivity contribution in [2.24, 2.45) is 0 Å². The second-order valence-electron chi connectivity index (χ2n) is 8.72. The molecular weight excluding hydrogens is 473 g/mol. The Morgan fingerprint density at radius 1 is 0.917 bits per heavy atom. The number of ether oxygens (including phenoxy) is 1. The molecule has 1 saturated heterocycles. The molecule has 6 nitrogen and oxygen atoms in total. The number of alkyl halides is 3. The maximum absolute atomic E-state index is 13.5. The summed E-state index contributed by atoms with van der Waals surface area (Å²) in [6.45, 7) is 3.25. The molecule has 4 rings (SSSR count). The molecule has 0 spiro atoms. The maximum Gasteiger partial charge on any atom is 0.416 e. The Bertz CT molecular complexity index is 1230. The van der Waals surface area contributed by atoms with Crippen LogP contribution in [0.25, 0.3) is 0 Å². The van der Waals surface area contributed by atoms with Crippen LogP contribution in [0.3, 0.4) is 0 Å². The molecule has 1 aliphatic rings. The van der Waals surface area contributed by atoms with Crippen LogP contribution in [-0.2, 0) is 11.0 Å². The van der Waals surface area contributed by atoms with Crippen LogP contribution in [0.2, 0.25) is 0 Å². The van der Waals surface area contributed by atoms with Gasteiger partial charge in [0.2, 0.25) is 5.91 Å². The van der Waals surface area contributed by atoms with E-state index in [9.17, 15) is 28.2 Å². The van der Waals surface area contributed by atoms with Crippen molar-refractivity contribution in [2.45, 2.75) is 38.3 Å². The minimum atomic E-state index is -4.55. The van der Waals surface area contributed by atoms with Gasteiger partial charge in [-0.2, -0.15) is 13.2 Å².